The first-order valence-corrected chi connectivity index (χ1v) is 5.56. The number of phenolic OH excluding ortho intramolecular Hbond substituents is 1. The maximum atomic E-state index is 11.1. The zero-order valence-electron chi connectivity index (χ0n) is 10.6. The molecule has 0 spiro atoms. The lowest BCUT2D eigenvalue weighted by molar-refractivity contribution is 0.112. The second kappa shape index (κ2) is 5.39. The third-order valence-electron chi connectivity index (χ3n) is 2.73. The minimum Gasteiger partial charge on any atom is -0.504 e. The second-order valence-electron chi connectivity index (χ2n) is 3.82. The summed E-state index contributed by atoms with van der Waals surface area (Å²) in [6.45, 7) is 0. The summed E-state index contributed by atoms with van der Waals surface area (Å²) >= 11 is 0. The van der Waals surface area contributed by atoms with Gasteiger partial charge >= 0.3 is 0 Å². The van der Waals surface area contributed by atoms with Gasteiger partial charge in [-0.1, -0.05) is 0 Å². The third kappa shape index (κ3) is 2.49. The molecular formula is C14H13NO4. The van der Waals surface area contributed by atoms with Crippen LogP contribution in [0.25, 0.3) is 11.1 Å². The topological polar surface area (TPSA) is 68.7 Å². The molecule has 1 aromatic heterocycles. The van der Waals surface area contributed by atoms with Crippen molar-refractivity contribution in [3.63, 3.8) is 0 Å². The predicted molar refractivity (Wildman–Crippen MR) is 69.8 cm³/mol. The van der Waals surface area contributed by atoms with Gasteiger partial charge in [-0.15, -0.1) is 0 Å². The van der Waals surface area contributed by atoms with Crippen molar-refractivity contribution in [2.45, 2.75) is 0 Å². The molecule has 19 heavy (non-hydrogen) atoms. The van der Waals surface area contributed by atoms with Gasteiger partial charge < -0.3 is 14.6 Å². The Morgan fingerprint density at radius 3 is 2.53 bits per heavy atom. The van der Waals surface area contributed by atoms with Crippen LogP contribution in [0.15, 0.2) is 30.5 Å². The van der Waals surface area contributed by atoms with Gasteiger partial charge in [0.05, 0.1) is 14.2 Å². The molecule has 0 bridgehead atoms. The summed E-state index contributed by atoms with van der Waals surface area (Å²) in [6.07, 6.45) is 2.29. The Morgan fingerprint density at radius 2 is 2.00 bits per heavy atom. The summed E-state index contributed by atoms with van der Waals surface area (Å²) in [5, 5.41) is 9.79. The zero-order valence-corrected chi connectivity index (χ0v) is 10.6. The van der Waals surface area contributed by atoms with E-state index in [9.17, 15) is 9.90 Å². The Kier molecular flexibility index (Phi) is 3.66. The van der Waals surface area contributed by atoms with Crippen molar-refractivity contribution in [3.05, 3.63) is 36.0 Å². The maximum Gasteiger partial charge on any atom is 0.212 e. The number of aldehydes is 1. The van der Waals surface area contributed by atoms with E-state index in [1.807, 2.05) is 0 Å². The van der Waals surface area contributed by atoms with Crippen LogP contribution < -0.4 is 9.47 Å². The van der Waals surface area contributed by atoms with E-state index < -0.39 is 0 Å². The minimum absolute atomic E-state index is 0.0288. The first kappa shape index (κ1) is 12.9. The van der Waals surface area contributed by atoms with Crippen molar-refractivity contribution in [2.24, 2.45) is 0 Å². The van der Waals surface area contributed by atoms with Crippen molar-refractivity contribution in [1.82, 2.24) is 4.98 Å². The molecule has 0 aliphatic carbocycles. The molecule has 0 atom stereocenters. The summed E-state index contributed by atoms with van der Waals surface area (Å²) in [4.78, 5) is 15.2. The van der Waals surface area contributed by atoms with Gasteiger partial charge in [-0.3, -0.25) is 4.79 Å². The van der Waals surface area contributed by atoms with E-state index in [1.54, 1.807) is 18.3 Å². The van der Waals surface area contributed by atoms with E-state index in [-0.39, 0.29) is 11.5 Å². The van der Waals surface area contributed by atoms with Crippen molar-refractivity contribution < 1.29 is 19.4 Å². The molecule has 0 aliphatic heterocycles. The first-order chi connectivity index (χ1) is 9.19. The maximum absolute atomic E-state index is 11.1. The number of carbonyl (C=O) groups excluding carboxylic acids is 1. The molecule has 2 aromatic rings. The van der Waals surface area contributed by atoms with Gasteiger partial charge in [-0.2, -0.15) is 0 Å². The highest BCUT2D eigenvalue weighted by Gasteiger charge is 2.11. The van der Waals surface area contributed by atoms with Gasteiger partial charge in [0.15, 0.2) is 17.8 Å². The van der Waals surface area contributed by atoms with Crippen LogP contribution in [-0.2, 0) is 0 Å². The molecule has 0 aliphatic rings. The normalized spacial score (nSPS) is 10.0. The number of benzene rings is 1. The Morgan fingerprint density at radius 1 is 1.21 bits per heavy atom. The molecule has 0 unspecified atom stereocenters. The number of hydrogen-bond acceptors (Lipinski definition) is 5. The van der Waals surface area contributed by atoms with Crippen LogP contribution in [-0.4, -0.2) is 30.6 Å². The van der Waals surface area contributed by atoms with Gasteiger partial charge in [-0.25, -0.2) is 4.98 Å². The summed E-state index contributed by atoms with van der Waals surface area (Å²) < 4.78 is 9.94. The number of ether oxygens (including phenoxy) is 2. The van der Waals surface area contributed by atoms with Crippen LogP contribution in [0.3, 0.4) is 0 Å². The van der Waals surface area contributed by atoms with Gasteiger partial charge in [-0.05, 0) is 23.8 Å². The molecule has 0 saturated carbocycles. The van der Waals surface area contributed by atoms with Crippen molar-refractivity contribution in [2.75, 3.05) is 14.2 Å². The van der Waals surface area contributed by atoms with Crippen LogP contribution >= 0.6 is 0 Å². The molecule has 1 heterocycles. The van der Waals surface area contributed by atoms with E-state index in [4.69, 9.17) is 9.47 Å². The summed E-state index contributed by atoms with van der Waals surface area (Å²) in [6, 6.07) is 6.42. The van der Waals surface area contributed by atoms with Crippen LogP contribution in [0.4, 0.5) is 0 Å². The molecule has 98 valence electrons. The number of pyridine rings is 1. The Labute approximate surface area is 110 Å². The summed E-state index contributed by atoms with van der Waals surface area (Å²) in [5.41, 5.74) is 1.71. The predicted octanol–water partition coefficient (Wildman–Crippen LogP) is 2.28. The number of methoxy groups -OCH3 is 2. The molecule has 5 nitrogen and oxygen atoms in total. The molecular weight excluding hydrogens is 246 g/mol. The first-order valence-electron chi connectivity index (χ1n) is 5.56. The number of rotatable bonds is 4. The fraction of sp³-hybridized carbons (Fsp3) is 0.143. The Balaban J connectivity index is 2.53. The molecule has 0 saturated heterocycles. The zero-order chi connectivity index (χ0) is 13.8. The molecule has 5 heteroatoms. The van der Waals surface area contributed by atoms with Crippen molar-refractivity contribution in [3.8, 4) is 28.5 Å². The van der Waals surface area contributed by atoms with Gasteiger partial charge in [0.2, 0.25) is 5.88 Å². The smallest absolute Gasteiger partial charge is 0.212 e. The molecule has 1 aromatic carbocycles. The summed E-state index contributed by atoms with van der Waals surface area (Å²) in [7, 11) is 2.95. The van der Waals surface area contributed by atoms with E-state index in [2.05, 4.69) is 4.98 Å². The van der Waals surface area contributed by atoms with Crippen molar-refractivity contribution >= 4 is 6.29 Å². The van der Waals surface area contributed by atoms with E-state index in [0.717, 1.165) is 0 Å². The van der Waals surface area contributed by atoms with Gasteiger partial charge in [0, 0.05) is 23.4 Å². The Hall–Kier alpha value is -2.56. The number of aromatic hydroxyl groups is 1. The van der Waals surface area contributed by atoms with Crippen LogP contribution in [0, 0.1) is 0 Å². The minimum atomic E-state index is -0.0288. The van der Waals surface area contributed by atoms with Gasteiger partial charge in [0.25, 0.3) is 0 Å². The largest absolute Gasteiger partial charge is 0.504 e. The second-order valence-corrected chi connectivity index (χ2v) is 3.82. The lowest BCUT2D eigenvalue weighted by Crippen LogP contribution is -1.93. The third-order valence-corrected chi connectivity index (χ3v) is 2.73. The van der Waals surface area contributed by atoms with Crippen LogP contribution in [0.2, 0.25) is 0 Å². The number of phenols is 1. The lowest BCUT2D eigenvalue weighted by Gasteiger charge is -2.09. The van der Waals surface area contributed by atoms with Crippen LogP contribution in [0.5, 0.6) is 17.4 Å². The number of aromatic nitrogens is 1. The highest BCUT2D eigenvalue weighted by molar-refractivity contribution is 5.89. The fourth-order valence-corrected chi connectivity index (χ4v) is 1.76. The highest BCUT2D eigenvalue weighted by Crippen LogP contribution is 2.34. The van der Waals surface area contributed by atoms with E-state index in [0.29, 0.717) is 28.9 Å². The number of carbonyl (C=O) groups is 1. The fourth-order valence-electron chi connectivity index (χ4n) is 1.76. The monoisotopic (exact) mass is 259 g/mol. The van der Waals surface area contributed by atoms with Crippen molar-refractivity contribution in [1.29, 1.82) is 0 Å². The average molecular weight is 259 g/mol. The average Bonchev–Trinajstić information content (AvgIpc) is 2.47. The Bertz CT molecular complexity index is 593. The molecule has 2 rings (SSSR count). The van der Waals surface area contributed by atoms with E-state index >= 15 is 0 Å². The highest BCUT2D eigenvalue weighted by atomic mass is 16.5. The SMILES string of the molecule is COc1ccc(-c2cc(O)c(OC)cc2C=O)cn1. The van der Waals surface area contributed by atoms with Gasteiger partial charge in [0.1, 0.15) is 0 Å². The molecule has 0 fully saturated rings. The van der Waals surface area contributed by atoms with E-state index in [1.165, 1.54) is 26.4 Å². The number of nitrogens with zero attached hydrogens (tertiary/aromatic N) is 1. The molecule has 0 amide bonds. The summed E-state index contributed by atoms with van der Waals surface area (Å²) in [5.74, 6) is 0.709. The molecule has 1 N–H and O–H groups in total. The van der Waals surface area contributed by atoms with Crippen LogP contribution in [0.1, 0.15) is 10.4 Å². The quantitative estimate of drug-likeness (QED) is 0.853. The number of hydrogen-bond donors (Lipinski definition) is 1. The standard InChI is InChI=1S/C14H13NO4/c1-18-13-5-10(8-16)11(6-12(13)17)9-3-4-14(19-2)15-7-9/h3-8,17H,1-2H3. The molecule has 0 radical (unpaired) electrons. The lowest BCUT2D eigenvalue weighted by atomic mass is 10.0.